The molecule has 2 N–H and O–H groups in total. The van der Waals surface area contributed by atoms with Gasteiger partial charge in [-0.3, -0.25) is 4.79 Å². The van der Waals surface area contributed by atoms with Gasteiger partial charge in [0.05, 0.1) is 19.1 Å². The van der Waals surface area contributed by atoms with Gasteiger partial charge in [-0.1, -0.05) is 23.8 Å². The number of hydrogen-bond donors (Lipinski definition) is 2. The van der Waals surface area contributed by atoms with Gasteiger partial charge in [0, 0.05) is 13.1 Å². The van der Waals surface area contributed by atoms with Crippen molar-refractivity contribution in [2.75, 3.05) is 27.3 Å². The van der Waals surface area contributed by atoms with Crippen LogP contribution in [0.4, 0.5) is 0 Å². The van der Waals surface area contributed by atoms with E-state index in [0.717, 1.165) is 5.56 Å². The van der Waals surface area contributed by atoms with E-state index >= 15 is 0 Å². The van der Waals surface area contributed by atoms with E-state index in [1.807, 2.05) is 6.92 Å². The molecule has 0 spiro atoms. The maximum Gasteiger partial charge on any atom is 0.258 e. The molecule has 0 bridgehead atoms. The molecule has 0 heterocycles. The highest BCUT2D eigenvalue weighted by atomic mass is 32.2. The smallest absolute Gasteiger partial charge is 0.258 e. The second kappa shape index (κ2) is 8.68. The minimum atomic E-state index is -3.62. The summed E-state index contributed by atoms with van der Waals surface area (Å²) in [5, 5.41) is 2.66. The van der Waals surface area contributed by atoms with Gasteiger partial charge in [0.25, 0.3) is 5.91 Å². The molecule has 8 heteroatoms. The van der Waals surface area contributed by atoms with Crippen molar-refractivity contribution in [3.63, 3.8) is 0 Å². The minimum absolute atomic E-state index is 0.0550. The number of aryl methyl sites for hydroxylation is 1. The number of methoxy groups -OCH3 is 2. The number of sulfonamides is 1. The Balaban J connectivity index is 1.96. The van der Waals surface area contributed by atoms with Crippen LogP contribution >= 0.6 is 0 Å². The lowest BCUT2D eigenvalue weighted by Crippen LogP contribution is -2.35. The highest BCUT2D eigenvalue weighted by Gasteiger charge is 2.18. The first-order chi connectivity index (χ1) is 12.4. The minimum Gasteiger partial charge on any atom is -0.496 e. The third-order valence-electron chi connectivity index (χ3n) is 3.69. The summed E-state index contributed by atoms with van der Waals surface area (Å²) >= 11 is 0. The van der Waals surface area contributed by atoms with Crippen LogP contribution in [0, 0.1) is 6.92 Å². The van der Waals surface area contributed by atoms with Crippen LogP contribution in [-0.2, 0) is 10.0 Å². The van der Waals surface area contributed by atoms with Crippen molar-refractivity contribution in [1.29, 1.82) is 0 Å². The van der Waals surface area contributed by atoms with Crippen LogP contribution in [-0.4, -0.2) is 41.6 Å². The third kappa shape index (κ3) is 4.74. The van der Waals surface area contributed by atoms with Gasteiger partial charge in [0.1, 0.15) is 17.1 Å². The topological polar surface area (TPSA) is 93.7 Å². The molecule has 0 aromatic heterocycles. The number of benzene rings is 2. The Bertz CT molecular complexity index is 841. The van der Waals surface area contributed by atoms with Crippen LogP contribution in [0.15, 0.2) is 47.4 Å². The average Bonchev–Trinajstić information content (AvgIpc) is 2.64. The van der Waals surface area contributed by atoms with Crippen LogP contribution in [0.25, 0.3) is 0 Å². The number of ether oxygens (including phenoxy) is 2. The summed E-state index contributed by atoms with van der Waals surface area (Å²) in [6.07, 6.45) is 0. The maximum absolute atomic E-state index is 12.4. The molecule has 2 aromatic carbocycles. The lowest BCUT2D eigenvalue weighted by Gasteiger charge is -2.13. The zero-order valence-corrected chi connectivity index (χ0v) is 15.7. The lowest BCUT2D eigenvalue weighted by molar-refractivity contribution is 0.0948. The summed E-state index contributed by atoms with van der Waals surface area (Å²) in [6.45, 7) is 2.05. The molecule has 26 heavy (non-hydrogen) atoms. The van der Waals surface area contributed by atoms with Crippen LogP contribution in [0.2, 0.25) is 0 Å². The van der Waals surface area contributed by atoms with Crippen molar-refractivity contribution in [2.24, 2.45) is 0 Å². The Hall–Kier alpha value is -2.58. The van der Waals surface area contributed by atoms with Crippen molar-refractivity contribution in [3.8, 4) is 11.5 Å². The Kier molecular flexibility index (Phi) is 6.59. The van der Waals surface area contributed by atoms with Crippen LogP contribution in [0.1, 0.15) is 15.9 Å². The first-order valence-electron chi connectivity index (χ1n) is 7.94. The lowest BCUT2D eigenvalue weighted by atomic mass is 10.1. The molecule has 0 fully saturated rings. The SMILES string of the molecule is COc1cccc(OC)c1C(=O)NCCNS(=O)(=O)c1ccc(C)cc1. The maximum atomic E-state index is 12.4. The summed E-state index contributed by atoms with van der Waals surface area (Å²) in [7, 11) is -0.697. The summed E-state index contributed by atoms with van der Waals surface area (Å²) in [5.74, 6) is 0.345. The van der Waals surface area contributed by atoms with E-state index < -0.39 is 15.9 Å². The van der Waals surface area contributed by atoms with Gasteiger partial charge >= 0.3 is 0 Å². The zero-order valence-electron chi connectivity index (χ0n) is 14.9. The number of carbonyl (C=O) groups is 1. The number of rotatable bonds is 8. The van der Waals surface area contributed by atoms with E-state index in [0.29, 0.717) is 11.5 Å². The number of hydrogen-bond acceptors (Lipinski definition) is 5. The molecule has 0 unspecified atom stereocenters. The molecular formula is C18H22N2O5S. The second-order valence-corrected chi connectivity index (χ2v) is 7.27. The molecule has 140 valence electrons. The van der Waals surface area contributed by atoms with Gasteiger partial charge in [-0.2, -0.15) is 0 Å². The average molecular weight is 378 g/mol. The fraction of sp³-hybridized carbons (Fsp3) is 0.278. The van der Waals surface area contributed by atoms with E-state index in [4.69, 9.17) is 9.47 Å². The van der Waals surface area contributed by atoms with Gasteiger partial charge in [-0.05, 0) is 31.2 Å². The van der Waals surface area contributed by atoms with Crippen molar-refractivity contribution in [3.05, 3.63) is 53.6 Å². The molecule has 0 aliphatic carbocycles. The fourth-order valence-electron chi connectivity index (χ4n) is 2.33. The first kappa shape index (κ1) is 19.7. The predicted molar refractivity (Wildman–Crippen MR) is 98.2 cm³/mol. The quantitative estimate of drug-likeness (QED) is 0.682. The molecule has 1 amide bonds. The molecular weight excluding hydrogens is 356 g/mol. The molecule has 0 atom stereocenters. The molecule has 7 nitrogen and oxygen atoms in total. The first-order valence-corrected chi connectivity index (χ1v) is 9.43. The Morgan fingerprint density at radius 1 is 0.962 bits per heavy atom. The summed E-state index contributed by atoms with van der Waals surface area (Å²) < 4.78 is 37.2. The third-order valence-corrected chi connectivity index (χ3v) is 5.17. The van der Waals surface area contributed by atoms with Gasteiger partial charge in [-0.15, -0.1) is 0 Å². The second-order valence-electron chi connectivity index (χ2n) is 5.50. The van der Waals surface area contributed by atoms with E-state index in [1.165, 1.54) is 26.4 Å². The Morgan fingerprint density at radius 3 is 2.08 bits per heavy atom. The van der Waals surface area contributed by atoms with E-state index in [2.05, 4.69) is 10.0 Å². The van der Waals surface area contributed by atoms with Crippen molar-refractivity contribution < 1.29 is 22.7 Å². The van der Waals surface area contributed by atoms with Crippen molar-refractivity contribution in [1.82, 2.24) is 10.0 Å². The van der Waals surface area contributed by atoms with Gasteiger partial charge in [0.15, 0.2) is 0 Å². The van der Waals surface area contributed by atoms with Crippen LogP contribution in [0.5, 0.6) is 11.5 Å². The molecule has 2 rings (SSSR count). The van der Waals surface area contributed by atoms with Gasteiger partial charge in [-0.25, -0.2) is 13.1 Å². The zero-order chi connectivity index (χ0) is 19.2. The normalized spacial score (nSPS) is 11.0. The molecule has 0 saturated heterocycles. The van der Waals surface area contributed by atoms with Gasteiger partial charge in [0.2, 0.25) is 10.0 Å². The monoisotopic (exact) mass is 378 g/mol. The number of amides is 1. The summed E-state index contributed by atoms with van der Waals surface area (Å²) in [4.78, 5) is 12.6. The highest BCUT2D eigenvalue weighted by Crippen LogP contribution is 2.27. The molecule has 0 aliphatic rings. The van der Waals surface area contributed by atoms with E-state index in [9.17, 15) is 13.2 Å². The largest absolute Gasteiger partial charge is 0.496 e. The number of carbonyl (C=O) groups excluding carboxylic acids is 1. The van der Waals surface area contributed by atoms with Crippen LogP contribution < -0.4 is 19.5 Å². The van der Waals surface area contributed by atoms with Crippen LogP contribution in [0.3, 0.4) is 0 Å². The summed E-state index contributed by atoms with van der Waals surface area (Å²) in [6, 6.07) is 11.5. The standard InChI is InChI=1S/C18H22N2O5S/c1-13-7-9-14(10-8-13)26(22,23)20-12-11-19-18(21)17-15(24-2)5-4-6-16(17)25-3/h4-10,20H,11-12H2,1-3H3,(H,19,21). The molecule has 2 aromatic rings. The van der Waals surface area contributed by atoms with Gasteiger partial charge < -0.3 is 14.8 Å². The highest BCUT2D eigenvalue weighted by molar-refractivity contribution is 7.89. The fourth-order valence-corrected chi connectivity index (χ4v) is 3.36. The molecule has 0 radical (unpaired) electrons. The molecule has 0 aliphatic heterocycles. The van der Waals surface area contributed by atoms with E-state index in [1.54, 1.807) is 30.3 Å². The Labute approximate surface area is 153 Å². The Morgan fingerprint density at radius 2 is 1.54 bits per heavy atom. The van der Waals surface area contributed by atoms with Crippen molar-refractivity contribution >= 4 is 15.9 Å². The predicted octanol–water partition coefficient (Wildman–Crippen LogP) is 1.72. The van der Waals surface area contributed by atoms with Crippen molar-refractivity contribution in [2.45, 2.75) is 11.8 Å². The summed E-state index contributed by atoms with van der Waals surface area (Å²) in [5.41, 5.74) is 1.24. The molecule has 0 saturated carbocycles. The van der Waals surface area contributed by atoms with E-state index in [-0.39, 0.29) is 23.5 Å². The number of nitrogens with one attached hydrogen (secondary N) is 2.